The Morgan fingerprint density at radius 2 is 2.18 bits per heavy atom. The molecule has 0 spiro atoms. The molecular formula is C11H20N2O3S. The first-order chi connectivity index (χ1) is 7.89. The minimum atomic E-state index is -2.96. The number of sulfone groups is 1. The molecule has 0 aromatic heterocycles. The molecule has 1 saturated carbocycles. The van der Waals surface area contributed by atoms with Gasteiger partial charge < -0.3 is 10.6 Å². The molecule has 2 N–H and O–H groups in total. The van der Waals surface area contributed by atoms with Crippen LogP contribution in [0.15, 0.2) is 0 Å². The zero-order valence-corrected chi connectivity index (χ0v) is 11.0. The Balaban J connectivity index is 1.82. The van der Waals surface area contributed by atoms with Crippen molar-refractivity contribution >= 4 is 15.7 Å². The number of rotatable bonds is 3. The van der Waals surface area contributed by atoms with Crippen molar-refractivity contribution in [1.29, 1.82) is 0 Å². The van der Waals surface area contributed by atoms with Gasteiger partial charge in [0.1, 0.15) is 0 Å². The fraction of sp³-hybridized carbons (Fsp3) is 0.909. The second-order valence-corrected chi connectivity index (χ2v) is 7.66. The maximum Gasteiger partial charge on any atom is 0.222 e. The van der Waals surface area contributed by atoms with Crippen LogP contribution in [0.5, 0.6) is 0 Å². The summed E-state index contributed by atoms with van der Waals surface area (Å²) in [6.07, 6.45) is 3.46. The van der Waals surface area contributed by atoms with Crippen molar-refractivity contribution < 1.29 is 13.2 Å². The summed E-state index contributed by atoms with van der Waals surface area (Å²) in [7, 11) is -2.96. The second-order valence-electron chi connectivity index (χ2n) is 5.43. The topological polar surface area (TPSA) is 75.3 Å². The van der Waals surface area contributed by atoms with Crippen LogP contribution in [0.1, 0.15) is 32.6 Å². The Kier molecular flexibility index (Phi) is 3.45. The molecule has 2 aliphatic rings. The molecule has 6 heteroatoms. The molecule has 1 atom stereocenters. The standard InChI is InChI=1S/C11H20N2O3S/c1-11(3-2-4-11)13-10(14)7-9-8-17(15,16)6-5-12-9/h9,12H,2-8H2,1H3,(H,13,14). The van der Waals surface area contributed by atoms with E-state index in [1.54, 1.807) is 0 Å². The summed E-state index contributed by atoms with van der Waals surface area (Å²) in [6.45, 7) is 2.50. The third kappa shape index (κ3) is 3.42. The fourth-order valence-corrected chi connectivity index (χ4v) is 3.89. The quantitative estimate of drug-likeness (QED) is 0.738. The molecule has 1 unspecified atom stereocenters. The third-order valence-corrected chi connectivity index (χ3v) is 5.37. The van der Waals surface area contributed by atoms with Gasteiger partial charge in [-0.25, -0.2) is 8.42 Å². The first-order valence-electron chi connectivity index (χ1n) is 6.13. The van der Waals surface area contributed by atoms with Gasteiger partial charge in [0.25, 0.3) is 0 Å². The van der Waals surface area contributed by atoms with Crippen molar-refractivity contribution in [3.05, 3.63) is 0 Å². The summed E-state index contributed by atoms with van der Waals surface area (Å²) in [6, 6.07) is -0.225. The van der Waals surface area contributed by atoms with Gasteiger partial charge in [-0.3, -0.25) is 4.79 Å². The molecule has 17 heavy (non-hydrogen) atoms. The van der Waals surface area contributed by atoms with E-state index in [-0.39, 0.29) is 35.4 Å². The summed E-state index contributed by atoms with van der Waals surface area (Å²) >= 11 is 0. The zero-order chi connectivity index (χ0) is 12.5. The molecule has 0 bridgehead atoms. The highest BCUT2D eigenvalue weighted by Crippen LogP contribution is 2.30. The largest absolute Gasteiger partial charge is 0.351 e. The molecule has 98 valence electrons. The van der Waals surface area contributed by atoms with Crippen molar-refractivity contribution in [2.75, 3.05) is 18.1 Å². The Morgan fingerprint density at radius 1 is 1.47 bits per heavy atom. The minimum Gasteiger partial charge on any atom is -0.351 e. The average molecular weight is 260 g/mol. The molecule has 1 heterocycles. The van der Waals surface area contributed by atoms with Crippen LogP contribution in [0.4, 0.5) is 0 Å². The monoisotopic (exact) mass is 260 g/mol. The lowest BCUT2D eigenvalue weighted by atomic mass is 9.78. The number of carbonyl (C=O) groups excluding carboxylic acids is 1. The normalized spacial score (nSPS) is 30.3. The van der Waals surface area contributed by atoms with Gasteiger partial charge in [0, 0.05) is 24.5 Å². The Hall–Kier alpha value is -0.620. The van der Waals surface area contributed by atoms with Crippen LogP contribution in [0.25, 0.3) is 0 Å². The van der Waals surface area contributed by atoms with E-state index in [0.29, 0.717) is 6.54 Å². The van der Waals surface area contributed by atoms with E-state index in [0.717, 1.165) is 19.3 Å². The van der Waals surface area contributed by atoms with Crippen LogP contribution < -0.4 is 10.6 Å². The highest BCUT2D eigenvalue weighted by atomic mass is 32.2. The van der Waals surface area contributed by atoms with Crippen LogP contribution in [-0.2, 0) is 14.6 Å². The SMILES string of the molecule is CC1(NC(=O)CC2CS(=O)(=O)CCN2)CCC1. The third-order valence-electron chi connectivity index (χ3n) is 3.63. The number of hydrogen-bond donors (Lipinski definition) is 2. The summed E-state index contributed by atoms with van der Waals surface area (Å²) < 4.78 is 22.8. The van der Waals surface area contributed by atoms with Gasteiger partial charge in [0.15, 0.2) is 9.84 Å². The van der Waals surface area contributed by atoms with E-state index in [9.17, 15) is 13.2 Å². The molecule has 2 fully saturated rings. The lowest BCUT2D eigenvalue weighted by Gasteiger charge is -2.39. The Morgan fingerprint density at radius 3 is 2.71 bits per heavy atom. The van der Waals surface area contributed by atoms with Crippen molar-refractivity contribution in [3.63, 3.8) is 0 Å². The number of hydrogen-bond acceptors (Lipinski definition) is 4. The maximum absolute atomic E-state index is 11.8. The van der Waals surface area contributed by atoms with Crippen molar-refractivity contribution in [2.45, 2.75) is 44.2 Å². The lowest BCUT2D eigenvalue weighted by Crippen LogP contribution is -2.53. The number of nitrogens with one attached hydrogen (secondary N) is 2. The van der Waals surface area contributed by atoms with E-state index in [1.807, 2.05) is 6.92 Å². The molecule has 5 nitrogen and oxygen atoms in total. The summed E-state index contributed by atoms with van der Waals surface area (Å²) in [5.74, 6) is 0.224. The first-order valence-corrected chi connectivity index (χ1v) is 7.96. The van der Waals surface area contributed by atoms with E-state index < -0.39 is 9.84 Å². The molecular weight excluding hydrogens is 240 g/mol. The van der Waals surface area contributed by atoms with Gasteiger partial charge in [-0.1, -0.05) is 0 Å². The first kappa shape index (κ1) is 12.8. The molecule has 2 rings (SSSR count). The van der Waals surface area contributed by atoms with Gasteiger partial charge in [0.05, 0.1) is 11.5 Å². The van der Waals surface area contributed by atoms with Crippen LogP contribution in [0, 0.1) is 0 Å². The van der Waals surface area contributed by atoms with Gasteiger partial charge >= 0.3 is 0 Å². The Bertz CT molecular complexity index is 401. The summed E-state index contributed by atoms with van der Waals surface area (Å²) in [5.41, 5.74) is -0.0510. The highest BCUT2D eigenvalue weighted by molar-refractivity contribution is 7.91. The number of amides is 1. The molecule has 0 aromatic carbocycles. The van der Waals surface area contributed by atoms with Crippen LogP contribution in [0.3, 0.4) is 0 Å². The fourth-order valence-electron chi connectivity index (χ4n) is 2.44. The van der Waals surface area contributed by atoms with E-state index >= 15 is 0 Å². The molecule has 1 aliphatic carbocycles. The van der Waals surface area contributed by atoms with Crippen molar-refractivity contribution in [3.8, 4) is 0 Å². The van der Waals surface area contributed by atoms with Crippen molar-refractivity contribution in [1.82, 2.24) is 10.6 Å². The lowest BCUT2D eigenvalue weighted by molar-refractivity contribution is -0.124. The van der Waals surface area contributed by atoms with Crippen molar-refractivity contribution in [2.24, 2.45) is 0 Å². The van der Waals surface area contributed by atoms with Gasteiger partial charge in [-0.15, -0.1) is 0 Å². The molecule has 1 amide bonds. The maximum atomic E-state index is 11.8. The molecule has 0 aromatic rings. The van der Waals surface area contributed by atoms with Gasteiger partial charge in [-0.05, 0) is 26.2 Å². The molecule has 1 aliphatic heterocycles. The second kappa shape index (κ2) is 4.57. The predicted molar refractivity (Wildman–Crippen MR) is 65.5 cm³/mol. The van der Waals surface area contributed by atoms with Gasteiger partial charge in [0.2, 0.25) is 5.91 Å². The number of carbonyl (C=O) groups is 1. The highest BCUT2D eigenvalue weighted by Gasteiger charge is 2.34. The smallest absolute Gasteiger partial charge is 0.222 e. The summed E-state index contributed by atoms with van der Waals surface area (Å²) in [5, 5.41) is 6.08. The minimum absolute atomic E-state index is 0.0400. The molecule has 1 saturated heterocycles. The van der Waals surface area contributed by atoms with Crippen LogP contribution in [-0.4, -0.2) is 44.0 Å². The van der Waals surface area contributed by atoms with Crippen LogP contribution in [0.2, 0.25) is 0 Å². The zero-order valence-electron chi connectivity index (χ0n) is 10.2. The van der Waals surface area contributed by atoms with E-state index in [4.69, 9.17) is 0 Å². The van der Waals surface area contributed by atoms with Crippen LogP contribution >= 0.6 is 0 Å². The van der Waals surface area contributed by atoms with Gasteiger partial charge in [-0.2, -0.15) is 0 Å². The van der Waals surface area contributed by atoms with E-state index in [2.05, 4.69) is 10.6 Å². The average Bonchev–Trinajstić information content (AvgIpc) is 2.13. The predicted octanol–water partition coefficient (Wildman–Crippen LogP) is -0.178. The molecule has 0 radical (unpaired) electrons. The Labute approximate surface area is 102 Å². The summed E-state index contributed by atoms with van der Waals surface area (Å²) in [4.78, 5) is 11.8. The van der Waals surface area contributed by atoms with E-state index in [1.165, 1.54) is 0 Å².